The molecule has 29 heavy (non-hydrogen) atoms. The highest BCUT2D eigenvalue weighted by molar-refractivity contribution is 7.92. The lowest BCUT2D eigenvalue weighted by atomic mass is 10.1. The molecule has 2 rings (SSSR count). The van der Waals surface area contributed by atoms with Gasteiger partial charge in [0.15, 0.2) is 11.5 Å². The Balaban J connectivity index is 2.30. The number of ether oxygens (including phenoxy) is 2. The smallest absolute Gasteiger partial charge is 0.247 e. The third-order valence-electron chi connectivity index (χ3n) is 4.21. The van der Waals surface area contributed by atoms with Crippen LogP contribution in [0, 0.1) is 11.3 Å². The summed E-state index contributed by atoms with van der Waals surface area (Å²) in [5, 5.41) is 11.4. The minimum absolute atomic E-state index is 0.270. The highest BCUT2D eigenvalue weighted by Crippen LogP contribution is 2.33. The molecule has 0 saturated heterocycles. The van der Waals surface area contributed by atoms with E-state index in [2.05, 4.69) is 5.32 Å². The fourth-order valence-corrected chi connectivity index (χ4v) is 3.98. The van der Waals surface area contributed by atoms with E-state index >= 15 is 0 Å². The number of nitrogens with zero attached hydrogens (tertiary/aromatic N) is 2. The van der Waals surface area contributed by atoms with Gasteiger partial charge in [-0.2, -0.15) is 5.26 Å². The van der Waals surface area contributed by atoms with Crippen LogP contribution in [0.15, 0.2) is 42.5 Å². The number of amides is 1. The van der Waals surface area contributed by atoms with E-state index in [1.165, 1.54) is 27.2 Å². The predicted octanol–water partition coefficient (Wildman–Crippen LogP) is 2.56. The number of methoxy groups -OCH3 is 2. The van der Waals surface area contributed by atoms with Crippen LogP contribution in [0.3, 0.4) is 0 Å². The summed E-state index contributed by atoms with van der Waals surface area (Å²) in [5.74, 6) is 0.289. The molecule has 0 saturated carbocycles. The van der Waals surface area contributed by atoms with Crippen LogP contribution in [0.5, 0.6) is 11.5 Å². The number of nitrogens with one attached hydrogen (secondary N) is 1. The molecule has 8 nitrogen and oxygen atoms in total. The van der Waals surface area contributed by atoms with Crippen LogP contribution in [-0.2, 0) is 21.2 Å². The third-order valence-corrected chi connectivity index (χ3v) is 5.46. The van der Waals surface area contributed by atoms with Crippen molar-refractivity contribution in [1.82, 2.24) is 0 Å². The first-order chi connectivity index (χ1) is 13.7. The lowest BCUT2D eigenvalue weighted by Crippen LogP contribution is -2.45. The van der Waals surface area contributed by atoms with Crippen molar-refractivity contribution in [1.29, 1.82) is 5.26 Å². The molecule has 0 spiro atoms. The second kappa shape index (κ2) is 9.30. The Bertz CT molecular complexity index is 1010. The van der Waals surface area contributed by atoms with Crippen LogP contribution in [0.25, 0.3) is 0 Å². The third kappa shape index (κ3) is 5.39. The van der Waals surface area contributed by atoms with E-state index in [-0.39, 0.29) is 12.1 Å². The first-order valence-electron chi connectivity index (χ1n) is 8.69. The van der Waals surface area contributed by atoms with Crippen molar-refractivity contribution >= 4 is 27.3 Å². The molecular weight excluding hydrogens is 394 g/mol. The van der Waals surface area contributed by atoms with Gasteiger partial charge in [-0.25, -0.2) is 8.42 Å². The number of hydrogen-bond donors (Lipinski definition) is 1. The highest BCUT2D eigenvalue weighted by Gasteiger charge is 2.30. The minimum Gasteiger partial charge on any atom is -0.493 e. The van der Waals surface area contributed by atoms with Crippen molar-refractivity contribution in [2.45, 2.75) is 19.4 Å². The van der Waals surface area contributed by atoms with Gasteiger partial charge < -0.3 is 14.8 Å². The van der Waals surface area contributed by atoms with Gasteiger partial charge in [0.2, 0.25) is 15.9 Å². The molecule has 1 N–H and O–H groups in total. The lowest BCUT2D eigenvalue weighted by molar-refractivity contribution is -0.116. The van der Waals surface area contributed by atoms with E-state index in [1.807, 2.05) is 6.07 Å². The zero-order valence-electron chi connectivity index (χ0n) is 16.7. The Morgan fingerprint density at radius 3 is 2.28 bits per heavy atom. The summed E-state index contributed by atoms with van der Waals surface area (Å²) in [4.78, 5) is 12.7. The molecule has 0 aliphatic rings. The van der Waals surface area contributed by atoms with E-state index < -0.39 is 22.0 Å². The maximum absolute atomic E-state index is 12.7. The zero-order chi connectivity index (χ0) is 21.6. The molecule has 0 heterocycles. The molecule has 1 atom stereocenters. The Labute approximate surface area is 170 Å². The van der Waals surface area contributed by atoms with Gasteiger partial charge in [-0.05, 0) is 36.8 Å². The number of benzene rings is 2. The lowest BCUT2D eigenvalue weighted by Gasteiger charge is -2.28. The fraction of sp³-hybridized carbons (Fsp3) is 0.300. The van der Waals surface area contributed by atoms with E-state index in [9.17, 15) is 13.2 Å². The quantitative estimate of drug-likeness (QED) is 0.707. The summed E-state index contributed by atoms with van der Waals surface area (Å²) in [6.45, 7) is 1.50. The molecule has 9 heteroatoms. The summed E-state index contributed by atoms with van der Waals surface area (Å²) in [5.41, 5.74) is 1.60. The molecule has 0 aromatic heterocycles. The van der Waals surface area contributed by atoms with E-state index in [4.69, 9.17) is 14.7 Å². The molecular formula is C20H23N3O5S. The van der Waals surface area contributed by atoms with Crippen molar-refractivity contribution in [3.63, 3.8) is 0 Å². The number of nitriles is 1. The van der Waals surface area contributed by atoms with Gasteiger partial charge in [0.05, 0.1) is 38.7 Å². The Kier molecular flexibility index (Phi) is 7.07. The average molecular weight is 417 g/mol. The number of anilines is 2. The normalized spacial score (nSPS) is 11.8. The number of rotatable bonds is 8. The van der Waals surface area contributed by atoms with E-state index in [0.29, 0.717) is 17.2 Å². The molecule has 0 unspecified atom stereocenters. The second-order valence-electron chi connectivity index (χ2n) is 6.30. The molecule has 2 aromatic carbocycles. The van der Waals surface area contributed by atoms with Crippen LogP contribution >= 0.6 is 0 Å². The minimum atomic E-state index is -3.77. The van der Waals surface area contributed by atoms with Gasteiger partial charge in [0.1, 0.15) is 6.04 Å². The van der Waals surface area contributed by atoms with Gasteiger partial charge in [-0.3, -0.25) is 9.10 Å². The zero-order valence-corrected chi connectivity index (χ0v) is 17.5. The molecule has 0 aliphatic carbocycles. The summed E-state index contributed by atoms with van der Waals surface area (Å²) in [6.07, 6.45) is 1.30. The number of carbonyl (C=O) groups excluding carboxylic acids is 1. The maximum atomic E-state index is 12.7. The van der Waals surface area contributed by atoms with Crippen LogP contribution in [0.4, 0.5) is 11.4 Å². The van der Waals surface area contributed by atoms with Crippen molar-refractivity contribution in [3.05, 3.63) is 48.0 Å². The molecule has 1 amide bonds. The molecule has 0 fully saturated rings. The van der Waals surface area contributed by atoms with Crippen molar-refractivity contribution < 1.29 is 22.7 Å². The van der Waals surface area contributed by atoms with Crippen LogP contribution < -0.4 is 19.1 Å². The van der Waals surface area contributed by atoms with Crippen molar-refractivity contribution in [2.75, 3.05) is 30.1 Å². The summed E-state index contributed by atoms with van der Waals surface area (Å²) < 4.78 is 36.3. The Morgan fingerprint density at radius 1 is 1.14 bits per heavy atom. The van der Waals surface area contributed by atoms with Crippen molar-refractivity contribution in [3.8, 4) is 17.6 Å². The van der Waals surface area contributed by atoms with Gasteiger partial charge in [-0.15, -0.1) is 0 Å². The highest BCUT2D eigenvalue weighted by atomic mass is 32.2. The maximum Gasteiger partial charge on any atom is 0.247 e. The topological polar surface area (TPSA) is 109 Å². The van der Waals surface area contributed by atoms with Gasteiger partial charge in [0.25, 0.3) is 0 Å². The predicted molar refractivity (Wildman–Crippen MR) is 111 cm³/mol. The largest absolute Gasteiger partial charge is 0.493 e. The first kappa shape index (κ1) is 22.0. The summed E-state index contributed by atoms with van der Waals surface area (Å²) in [7, 11) is -0.854. The Hall–Kier alpha value is -3.25. The molecule has 0 bridgehead atoms. The molecule has 2 aromatic rings. The number of hydrogen-bond acceptors (Lipinski definition) is 6. The first-order valence-corrected chi connectivity index (χ1v) is 10.5. The molecule has 154 valence electrons. The molecule has 0 radical (unpaired) electrons. The van der Waals surface area contributed by atoms with E-state index in [1.54, 1.807) is 36.4 Å². The van der Waals surface area contributed by atoms with Crippen LogP contribution in [-0.4, -0.2) is 40.8 Å². The van der Waals surface area contributed by atoms with Gasteiger partial charge >= 0.3 is 0 Å². The number of carbonyl (C=O) groups is 1. The summed E-state index contributed by atoms with van der Waals surface area (Å²) in [6, 6.07) is 12.4. The SMILES string of the molecule is COc1ccc(N([C@@H](C)C(=O)Nc2ccc(CC#N)cc2)S(C)(=O)=O)cc1OC. The Morgan fingerprint density at radius 2 is 1.76 bits per heavy atom. The molecule has 0 aliphatic heterocycles. The number of sulfonamides is 1. The van der Waals surface area contributed by atoms with Crippen molar-refractivity contribution in [2.24, 2.45) is 0 Å². The van der Waals surface area contributed by atoms with Crippen LogP contribution in [0.2, 0.25) is 0 Å². The van der Waals surface area contributed by atoms with Gasteiger partial charge in [0, 0.05) is 11.8 Å². The fourth-order valence-electron chi connectivity index (χ4n) is 2.81. The average Bonchev–Trinajstić information content (AvgIpc) is 2.68. The van der Waals surface area contributed by atoms with Gasteiger partial charge in [-0.1, -0.05) is 12.1 Å². The van der Waals surface area contributed by atoms with E-state index in [0.717, 1.165) is 16.1 Å². The standard InChI is InChI=1S/C20H23N3O5S/c1-14(20(24)22-16-7-5-15(6-8-16)11-12-21)23(29(4,25)26)17-9-10-18(27-2)19(13-17)28-3/h5-10,13-14H,11H2,1-4H3,(H,22,24)/t14-/m0/s1. The second-order valence-corrected chi connectivity index (χ2v) is 8.15. The van der Waals surface area contributed by atoms with Crippen LogP contribution in [0.1, 0.15) is 12.5 Å². The monoisotopic (exact) mass is 417 g/mol. The summed E-state index contributed by atoms with van der Waals surface area (Å²) >= 11 is 0.